The van der Waals surface area contributed by atoms with Crippen LogP contribution in [-0.4, -0.2) is 41.6 Å². The van der Waals surface area contributed by atoms with Gasteiger partial charge in [-0.05, 0) is 43.7 Å². The summed E-state index contributed by atoms with van der Waals surface area (Å²) in [4.78, 5) is 26.7. The molecule has 0 fully saturated rings. The number of amides is 2. The molecule has 0 radical (unpaired) electrons. The van der Waals surface area contributed by atoms with Crippen molar-refractivity contribution in [2.75, 3.05) is 13.7 Å². The van der Waals surface area contributed by atoms with Gasteiger partial charge < -0.3 is 24.2 Å². The number of para-hydroxylation sites is 1. The maximum Gasteiger partial charge on any atom is 0.273 e. The Balaban J connectivity index is 1.54. The Morgan fingerprint density at radius 2 is 1.78 bits per heavy atom. The first-order chi connectivity index (χ1) is 15.5. The van der Waals surface area contributed by atoms with Crippen LogP contribution in [0.1, 0.15) is 35.7 Å². The molecule has 0 atom stereocenters. The molecule has 32 heavy (non-hydrogen) atoms. The Morgan fingerprint density at radius 1 is 1.06 bits per heavy atom. The predicted molar refractivity (Wildman–Crippen MR) is 118 cm³/mol. The third-order valence-corrected chi connectivity index (χ3v) is 4.78. The van der Waals surface area contributed by atoms with E-state index in [2.05, 4.69) is 10.5 Å². The van der Waals surface area contributed by atoms with Crippen molar-refractivity contribution >= 4 is 11.8 Å². The Bertz CT molecular complexity index is 1020. The van der Waals surface area contributed by atoms with Crippen molar-refractivity contribution in [2.24, 2.45) is 0 Å². The van der Waals surface area contributed by atoms with Crippen molar-refractivity contribution in [3.63, 3.8) is 0 Å². The molecule has 0 bridgehead atoms. The topological polar surface area (TPSA) is 93.9 Å². The molecule has 8 nitrogen and oxygen atoms in total. The smallest absolute Gasteiger partial charge is 0.273 e. The van der Waals surface area contributed by atoms with Crippen molar-refractivity contribution in [2.45, 2.75) is 33.0 Å². The molecule has 1 aromatic heterocycles. The van der Waals surface area contributed by atoms with E-state index in [1.807, 2.05) is 56.3 Å². The highest BCUT2D eigenvalue weighted by atomic mass is 16.5. The standard InChI is InChI=1S/C24H27N3O5/c1-17(2)27(23(28)16-31-20-7-5-4-6-8-20)15-21-13-22(26-32-21)24(29)25-14-18-9-11-19(30-3)12-10-18/h4-13,17H,14-16H2,1-3H3,(H,25,29). The average Bonchev–Trinajstić information content (AvgIpc) is 3.29. The van der Waals surface area contributed by atoms with Crippen molar-refractivity contribution < 1.29 is 23.6 Å². The van der Waals surface area contributed by atoms with Gasteiger partial charge >= 0.3 is 0 Å². The van der Waals surface area contributed by atoms with Crippen molar-refractivity contribution in [1.82, 2.24) is 15.4 Å². The number of ether oxygens (including phenoxy) is 2. The molecule has 0 saturated carbocycles. The molecular formula is C24H27N3O5. The molecule has 0 unspecified atom stereocenters. The highest BCUT2D eigenvalue weighted by molar-refractivity contribution is 5.92. The second kappa shape index (κ2) is 11.0. The lowest BCUT2D eigenvalue weighted by Crippen LogP contribution is -2.39. The number of nitrogens with one attached hydrogen (secondary N) is 1. The zero-order chi connectivity index (χ0) is 22.9. The van der Waals surface area contributed by atoms with Gasteiger partial charge in [0.15, 0.2) is 18.1 Å². The van der Waals surface area contributed by atoms with Crippen LogP contribution < -0.4 is 14.8 Å². The summed E-state index contributed by atoms with van der Waals surface area (Å²) in [6, 6.07) is 18.0. The van der Waals surface area contributed by atoms with Gasteiger partial charge in [0.05, 0.1) is 13.7 Å². The largest absolute Gasteiger partial charge is 0.497 e. The third kappa shape index (κ3) is 6.34. The highest BCUT2D eigenvalue weighted by Gasteiger charge is 2.21. The van der Waals surface area contributed by atoms with E-state index in [9.17, 15) is 9.59 Å². The van der Waals surface area contributed by atoms with E-state index in [-0.39, 0.29) is 36.7 Å². The first-order valence-electron chi connectivity index (χ1n) is 10.3. The zero-order valence-electron chi connectivity index (χ0n) is 18.4. The Hall–Kier alpha value is -3.81. The van der Waals surface area contributed by atoms with Crippen LogP contribution in [0.25, 0.3) is 0 Å². The monoisotopic (exact) mass is 437 g/mol. The summed E-state index contributed by atoms with van der Waals surface area (Å²) in [5.74, 6) is 1.25. The number of methoxy groups -OCH3 is 1. The zero-order valence-corrected chi connectivity index (χ0v) is 18.4. The molecule has 0 aliphatic rings. The van der Waals surface area contributed by atoms with Crippen molar-refractivity contribution in [1.29, 1.82) is 0 Å². The van der Waals surface area contributed by atoms with E-state index >= 15 is 0 Å². The van der Waals surface area contributed by atoms with Crippen molar-refractivity contribution in [3.05, 3.63) is 77.7 Å². The lowest BCUT2D eigenvalue weighted by Gasteiger charge is -2.25. The van der Waals surface area contributed by atoms with Crippen molar-refractivity contribution in [3.8, 4) is 11.5 Å². The fourth-order valence-electron chi connectivity index (χ4n) is 2.98. The quantitative estimate of drug-likeness (QED) is 0.522. The summed E-state index contributed by atoms with van der Waals surface area (Å²) >= 11 is 0. The molecule has 2 amide bonds. The second-order valence-electron chi connectivity index (χ2n) is 7.43. The van der Waals surface area contributed by atoms with Gasteiger partial charge in [-0.2, -0.15) is 0 Å². The molecule has 168 valence electrons. The molecule has 0 aliphatic heterocycles. The molecule has 0 spiro atoms. The minimum absolute atomic E-state index is 0.0840. The van der Waals surface area contributed by atoms with Gasteiger partial charge in [0.2, 0.25) is 0 Å². The maximum absolute atomic E-state index is 12.7. The van der Waals surface area contributed by atoms with Crippen LogP contribution in [0, 0.1) is 0 Å². The van der Waals surface area contributed by atoms with Gasteiger partial charge in [0, 0.05) is 18.7 Å². The highest BCUT2D eigenvalue weighted by Crippen LogP contribution is 2.14. The molecule has 0 saturated heterocycles. The summed E-state index contributed by atoms with van der Waals surface area (Å²) in [5.41, 5.74) is 1.09. The summed E-state index contributed by atoms with van der Waals surface area (Å²) in [6.07, 6.45) is 0. The summed E-state index contributed by atoms with van der Waals surface area (Å²) in [5, 5.41) is 6.65. The van der Waals surface area contributed by atoms with Crippen LogP contribution >= 0.6 is 0 Å². The third-order valence-electron chi connectivity index (χ3n) is 4.78. The normalized spacial score (nSPS) is 10.6. The van der Waals surface area contributed by atoms with Gasteiger partial charge in [0.1, 0.15) is 11.5 Å². The fourth-order valence-corrected chi connectivity index (χ4v) is 2.98. The van der Waals surface area contributed by atoms with Crippen LogP contribution in [0.4, 0.5) is 0 Å². The van der Waals surface area contributed by atoms with Gasteiger partial charge in [-0.15, -0.1) is 0 Å². The number of aromatic nitrogens is 1. The fraction of sp³-hybridized carbons (Fsp3) is 0.292. The Kier molecular flexibility index (Phi) is 7.85. The first-order valence-corrected chi connectivity index (χ1v) is 10.3. The van der Waals surface area contributed by atoms with E-state index in [0.717, 1.165) is 11.3 Å². The van der Waals surface area contributed by atoms with E-state index in [0.29, 0.717) is 18.1 Å². The number of nitrogens with zero attached hydrogens (tertiary/aromatic N) is 2. The number of carbonyl (C=O) groups is 2. The number of hydrogen-bond acceptors (Lipinski definition) is 6. The number of carbonyl (C=O) groups excluding carboxylic acids is 2. The van der Waals surface area contributed by atoms with Crippen LogP contribution in [0.2, 0.25) is 0 Å². The lowest BCUT2D eigenvalue weighted by molar-refractivity contribution is -0.136. The minimum atomic E-state index is -0.356. The second-order valence-corrected chi connectivity index (χ2v) is 7.43. The molecule has 1 heterocycles. The summed E-state index contributed by atoms with van der Waals surface area (Å²) < 4.78 is 16.0. The SMILES string of the molecule is COc1ccc(CNC(=O)c2cc(CN(C(=O)COc3ccccc3)C(C)C)on2)cc1. The molecule has 0 aliphatic carbocycles. The molecule has 3 rings (SSSR count). The Labute approximate surface area is 187 Å². The molecular weight excluding hydrogens is 410 g/mol. The lowest BCUT2D eigenvalue weighted by atomic mass is 10.2. The maximum atomic E-state index is 12.7. The van der Waals surface area contributed by atoms with Gasteiger partial charge in [-0.3, -0.25) is 9.59 Å². The predicted octanol–water partition coefficient (Wildman–Crippen LogP) is 3.43. The molecule has 2 aromatic carbocycles. The average molecular weight is 437 g/mol. The summed E-state index contributed by atoms with van der Waals surface area (Å²) in [6.45, 7) is 4.25. The van der Waals surface area contributed by atoms with Crippen LogP contribution in [0.5, 0.6) is 11.5 Å². The number of rotatable bonds is 10. The van der Waals surface area contributed by atoms with Gasteiger partial charge in [-0.25, -0.2) is 0 Å². The van der Waals surface area contributed by atoms with Gasteiger partial charge in [-0.1, -0.05) is 35.5 Å². The summed E-state index contributed by atoms with van der Waals surface area (Å²) in [7, 11) is 1.60. The minimum Gasteiger partial charge on any atom is -0.497 e. The van der Waals surface area contributed by atoms with E-state index in [1.54, 1.807) is 30.2 Å². The van der Waals surface area contributed by atoms with Gasteiger partial charge in [0.25, 0.3) is 11.8 Å². The van der Waals surface area contributed by atoms with Crippen LogP contribution in [0.15, 0.2) is 65.2 Å². The molecule has 3 aromatic rings. The number of benzene rings is 2. The number of hydrogen-bond donors (Lipinski definition) is 1. The van der Waals surface area contributed by atoms with Crippen LogP contribution in [-0.2, 0) is 17.9 Å². The van der Waals surface area contributed by atoms with E-state index in [4.69, 9.17) is 14.0 Å². The Morgan fingerprint density at radius 3 is 2.44 bits per heavy atom. The first kappa shape index (κ1) is 22.9. The van der Waals surface area contributed by atoms with Crippen LogP contribution in [0.3, 0.4) is 0 Å². The molecule has 1 N–H and O–H groups in total. The van der Waals surface area contributed by atoms with E-state index < -0.39 is 0 Å². The van der Waals surface area contributed by atoms with E-state index in [1.165, 1.54) is 0 Å². The molecule has 8 heteroatoms.